The van der Waals surface area contributed by atoms with Crippen molar-refractivity contribution in [2.45, 2.75) is 37.5 Å². The molecule has 0 radical (unpaired) electrons. The van der Waals surface area contributed by atoms with Crippen molar-refractivity contribution in [2.24, 2.45) is 17.8 Å². The van der Waals surface area contributed by atoms with Gasteiger partial charge in [-0.05, 0) is 62.8 Å². The van der Waals surface area contributed by atoms with Crippen molar-refractivity contribution in [3.05, 3.63) is 23.8 Å². The predicted octanol–water partition coefficient (Wildman–Crippen LogP) is 2.28. The number of benzene rings is 1. The lowest BCUT2D eigenvalue weighted by Gasteiger charge is -2.21. The average Bonchev–Trinajstić information content (AvgIpc) is 3.12. The number of fused-ring (bicyclic) bond motifs is 2. The van der Waals surface area contributed by atoms with Crippen LogP contribution in [-0.4, -0.2) is 21.4 Å². The zero-order valence-corrected chi connectivity index (χ0v) is 13.7. The molecule has 3 rings (SSSR count). The summed E-state index contributed by atoms with van der Waals surface area (Å²) in [5, 5.41) is 2.90. The van der Waals surface area contributed by atoms with Crippen molar-refractivity contribution < 1.29 is 13.2 Å². The van der Waals surface area contributed by atoms with E-state index in [0.29, 0.717) is 23.1 Å². The summed E-state index contributed by atoms with van der Waals surface area (Å²) in [6.45, 7) is 1.74. The summed E-state index contributed by atoms with van der Waals surface area (Å²) in [5.41, 5.74) is 1.21. The lowest BCUT2D eigenvalue weighted by atomic mass is 9.88. The molecule has 0 saturated heterocycles. The molecule has 3 atom stereocenters. The summed E-state index contributed by atoms with van der Waals surface area (Å²) in [5.74, 6) is 1.34. The van der Waals surface area contributed by atoms with Gasteiger partial charge in [-0.1, -0.05) is 12.5 Å². The second kappa shape index (κ2) is 5.66. The van der Waals surface area contributed by atoms with E-state index in [9.17, 15) is 13.2 Å². The fourth-order valence-electron chi connectivity index (χ4n) is 3.88. The highest BCUT2D eigenvalue weighted by atomic mass is 32.2. The van der Waals surface area contributed by atoms with Crippen molar-refractivity contribution in [2.75, 3.05) is 12.4 Å². The Kier molecular flexibility index (Phi) is 3.99. The molecule has 0 aliphatic heterocycles. The van der Waals surface area contributed by atoms with E-state index in [1.54, 1.807) is 19.1 Å². The van der Waals surface area contributed by atoms with Crippen molar-refractivity contribution in [1.29, 1.82) is 0 Å². The van der Waals surface area contributed by atoms with Crippen molar-refractivity contribution in [1.82, 2.24) is 4.72 Å². The lowest BCUT2D eigenvalue weighted by molar-refractivity contribution is -0.121. The van der Waals surface area contributed by atoms with Crippen LogP contribution >= 0.6 is 0 Å². The van der Waals surface area contributed by atoms with E-state index in [4.69, 9.17) is 0 Å². The second-order valence-electron chi connectivity index (χ2n) is 6.46. The Morgan fingerprint density at radius 2 is 2.00 bits per heavy atom. The average molecular weight is 322 g/mol. The molecule has 2 N–H and O–H groups in total. The van der Waals surface area contributed by atoms with Crippen molar-refractivity contribution >= 4 is 21.6 Å². The number of carbonyl (C=O) groups excluding carboxylic acids is 1. The molecule has 5 nitrogen and oxygen atoms in total. The monoisotopic (exact) mass is 322 g/mol. The first-order chi connectivity index (χ1) is 10.4. The number of carbonyl (C=O) groups is 1. The van der Waals surface area contributed by atoms with Gasteiger partial charge in [-0.2, -0.15) is 0 Å². The molecule has 1 aromatic carbocycles. The Balaban J connectivity index is 1.78. The minimum Gasteiger partial charge on any atom is -0.326 e. The van der Waals surface area contributed by atoms with Gasteiger partial charge in [0.2, 0.25) is 15.9 Å². The molecule has 2 saturated carbocycles. The molecular weight excluding hydrogens is 300 g/mol. The third-order valence-electron chi connectivity index (χ3n) is 5.09. The maximum Gasteiger partial charge on any atom is 0.240 e. The molecule has 2 fully saturated rings. The Morgan fingerprint density at radius 3 is 2.59 bits per heavy atom. The Morgan fingerprint density at radius 1 is 1.23 bits per heavy atom. The standard InChI is InChI=1S/C16H22N2O3S/c1-10-3-6-13(9-15(10)22(20,21)17-2)18-16(19)14-8-11-4-5-12(14)7-11/h3,6,9,11-12,14,17H,4-5,7-8H2,1-2H3,(H,18,19). The Hall–Kier alpha value is -1.40. The van der Waals surface area contributed by atoms with Gasteiger partial charge >= 0.3 is 0 Å². The van der Waals surface area contributed by atoms with Gasteiger partial charge < -0.3 is 5.32 Å². The fourth-order valence-corrected chi connectivity index (χ4v) is 4.87. The molecule has 3 unspecified atom stereocenters. The van der Waals surface area contributed by atoms with Crippen LogP contribution in [0, 0.1) is 24.7 Å². The molecule has 0 aromatic heterocycles. The van der Waals surface area contributed by atoms with E-state index >= 15 is 0 Å². The van der Waals surface area contributed by atoms with Gasteiger partial charge in [0.15, 0.2) is 0 Å². The molecule has 6 heteroatoms. The van der Waals surface area contributed by atoms with Crippen LogP contribution in [0.5, 0.6) is 0 Å². The first-order valence-electron chi connectivity index (χ1n) is 7.76. The first kappa shape index (κ1) is 15.5. The van der Waals surface area contributed by atoms with E-state index in [0.717, 1.165) is 12.8 Å². The summed E-state index contributed by atoms with van der Waals surface area (Å²) in [4.78, 5) is 12.7. The number of hydrogen-bond acceptors (Lipinski definition) is 3. The van der Waals surface area contributed by atoms with E-state index in [1.807, 2.05) is 0 Å². The quantitative estimate of drug-likeness (QED) is 0.893. The number of amides is 1. The summed E-state index contributed by atoms with van der Waals surface area (Å²) < 4.78 is 26.3. The van der Waals surface area contributed by atoms with Gasteiger partial charge in [0, 0.05) is 11.6 Å². The van der Waals surface area contributed by atoms with Crippen LogP contribution in [0.15, 0.2) is 23.1 Å². The van der Waals surface area contributed by atoms with Gasteiger partial charge in [0.25, 0.3) is 0 Å². The molecular formula is C16H22N2O3S. The number of hydrogen-bond donors (Lipinski definition) is 2. The van der Waals surface area contributed by atoms with E-state index in [2.05, 4.69) is 10.0 Å². The molecule has 22 heavy (non-hydrogen) atoms. The second-order valence-corrected chi connectivity index (χ2v) is 8.31. The zero-order valence-electron chi connectivity index (χ0n) is 12.9. The van der Waals surface area contributed by atoms with Gasteiger partial charge in [0.05, 0.1) is 4.90 Å². The highest BCUT2D eigenvalue weighted by Crippen LogP contribution is 2.48. The maximum atomic E-state index is 12.4. The lowest BCUT2D eigenvalue weighted by Crippen LogP contribution is -2.27. The maximum absolute atomic E-state index is 12.4. The third-order valence-corrected chi connectivity index (χ3v) is 6.65. The topological polar surface area (TPSA) is 75.3 Å². The van der Waals surface area contributed by atoms with Gasteiger partial charge in [-0.3, -0.25) is 4.79 Å². The molecule has 120 valence electrons. The van der Waals surface area contributed by atoms with Gasteiger partial charge in [-0.15, -0.1) is 0 Å². The zero-order chi connectivity index (χ0) is 15.9. The summed E-state index contributed by atoms with van der Waals surface area (Å²) in [6.07, 6.45) is 4.55. The van der Waals surface area contributed by atoms with Crippen LogP contribution in [0.2, 0.25) is 0 Å². The van der Waals surface area contributed by atoms with E-state index in [1.165, 1.54) is 26.0 Å². The van der Waals surface area contributed by atoms with Crippen molar-refractivity contribution in [3.63, 3.8) is 0 Å². The molecule has 2 bridgehead atoms. The molecule has 0 spiro atoms. The number of aryl methyl sites for hydroxylation is 1. The largest absolute Gasteiger partial charge is 0.326 e. The normalized spacial score (nSPS) is 27.1. The van der Waals surface area contributed by atoms with Crippen LogP contribution in [0.25, 0.3) is 0 Å². The molecule has 2 aliphatic carbocycles. The third kappa shape index (κ3) is 2.77. The number of sulfonamides is 1. The van der Waals surface area contributed by atoms with E-state index in [-0.39, 0.29) is 16.7 Å². The molecule has 0 heterocycles. The summed E-state index contributed by atoms with van der Waals surface area (Å²) in [7, 11) is -2.13. The Bertz CT molecular complexity index is 699. The van der Waals surface area contributed by atoms with Crippen molar-refractivity contribution in [3.8, 4) is 0 Å². The van der Waals surface area contributed by atoms with Crippen LogP contribution < -0.4 is 10.0 Å². The summed E-state index contributed by atoms with van der Waals surface area (Å²) in [6, 6.07) is 5.02. The number of rotatable bonds is 4. The van der Waals surface area contributed by atoms with E-state index < -0.39 is 10.0 Å². The molecule has 1 amide bonds. The van der Waals surface area contributed by atoms with Crippen LogP contribution in [0.4, 0.5) is 5.69 Å². The first-order valence-corrected chi connectivity index (χ1v) is 9.24. The van der Waals surface area contributed by atoms with Crippen LogP contribution in [0.1, 0.15) is 31.2 Å². The van der Waals surface area contributed by atoms with Crippen LogP contribution in [0.3, 0.4) is 0 Å². The predicted molar refractivity (Wildman–Crippen MR) is 85.0 cm³/mol. The van der Waals surface area contributed by atoms with Gasteiger partial charge in [-0.25, -0.2) is 13.1 Å². The Labute approximate surface area is 131 Å². The smallest absolute Gasteiger partial charge is 0.240 e. The molecule has 2 aliphatic rings. The minimum absolute atomic E-state index is 0.0314. The highest BCUT2D eigenvalue weighted by molar-refractivity contribution is 7.89. The van der Waals surface area contributed by atoms with Crippen LogP contribution in [-0.2, 0) is 14.8 Å². The highest BCUT2D eigenvalue weighted by Gasteiger charge is 2.43. The summed E-state index contributed by atoms with van der Waals surface area (Å²) >= 11 is 0. The minimum atomic E-state index is -3.52. The fraction of sp³-hybridized carbons (Fsp3) is 0.562. The molecule has 1 aromatic rings. The number of nitrogens with one attached hydrogen (secondary N) is 2. The van der Waals surface area contributed by atoms with Gasteiger partial charge in [0.1, 0.15) is 0 Å². The number of anilines is 1. The SMILES string of the molecule is CNS(=O)(=O)c1cc(NC(=O)C2CC3CCC2C3)ccc1C.